The Kier molecular flexibility index (Phi) is 13.0. The van der Waals surface area contributed by atoms with E-state index in [0.717, 1.165) is 37.4 Å². The van der Waals surface area contributed by atoms with E-state index in [-0.39, 0.29) is 7.43 Å². The molecule has 0 amide bonds. The van der Waals surface area contributed by atoms with Crippen LogP contribution in [0.2, 0.25) is 26.2 Å². The molecule has 0 bridgehead atoms. The number of methoxy groups -OCH3 is 1. The van der Waals surface area contributed by atoms with Gasteiger partial charge in [0.05, 0.1) is 17.0 Å². The zero-order chi connectivity index (χ0) is 25.2. The van der Waals surface area contributed by atoms with Gasteiger partial charge < -0.3 is 9.84 Å². The molecule has 0 unspecified atom stereocenters. The average Bonchev–Trinajstić information content (AvgIpc) is 2.65. The molecule has 0 spiro atoms. The highest BCUT2D eigenvalue weighted by Crippen LogP contribution is 2.20. The van der Waals surface area contributed by atoms with Crippen LogP contribution in [-0.4, -0.2) is 42.1 Å². The van der Waals surface area contributed by atoms with E-state index < -0.39 is 64.0 Å². The first kappa shape index (κ1) is 31.4. The van der Waals surface area contributed by atoms with E-state index in [9.17, 15) is 38.6 Å². The van der Waals surface area contributed by atoms with Gasteiger partial charge in [-0.25, -0.2) is 18.4 Å². The largest absolute Gasteiger partial charge is 0.477 e. The summed E-state index contributed by atoms with van der Waals surface area (Å²) in [6, 6.07) is 4.86. The molecule has 0 aromatic heterocycles. The second-order valence-electron chi connectivity index (χ2n) is 7.63. The maximum Gasteiger partial charge on any atom is 0.344 e. The number of nitro groups is 2. The molecule has 182 valence electrons. The number of nitro benzene ring substituents is 2. The van der Waals surface area contributed by atoms with E-state index in [2.05, 4.69) is 30.9 Å². The molecule has 0 saturated carbocycles. The molecule has 0 atom stereocenters. The maximum absolute atomic E-state index is 12.7. The van der Waals surface area contributed by atoms with E-state index in [1.807, 2.05) is 0 Å². The van der Waals surface area contributed by atoms with Crippen molar-refractivity contribution in [3.8, 4) is 0 Å². The van der Waals surface area contributed by atoms with Crippen LogP contribution in [0, 0.1) is 31.9 Å². The van der Waals surface area contributed by atoms with E-state index in [4.69, 9.17) is 5.11 Å². The van der Waals surface area contributed by atoms with E-state index in [1.54, 1.807) is 0 Å². The summed E-state index contributed by atoms with van der Waals surface area (Å²) in [5, 5.41) is 29.2. The van der Waals surface area contributed by atoms with Crippen molar-refractivity contribution >= 4 is 31.4 Å². The fourth-order valence-corrected chi connectivity index (χ4v) is 1.78. The number of ether oxygens (including phenoxy) is 1. The van der Waals surface area contributed by atoms with Crippen LogP contribution in [0.15, 0.2) is 36.4 Å². The molecule has 0 fully saturated rings. The number of carboxylic acid groups (broad SMARTS) is 1. The van der Waals surface area contributed by atoms with Crippen LogP contribution in [0.4, 0.5) is 20.2 Å². The summed E-state index contributed by atoms with van der Waals surface area (Å²) in [4.78, 5) is 40.4. The molecule has 0 saturated heterocycles. The fraction of sp³-hybridized carbons (Fsp3) is 0.300. The van der Waals surface area contributed by atoms with Gasteiger partial charge >= 0.3 is 11.9 Å². The quantitative estimate of drug-likeness (QED) is 0.255. The number of nitrogens with zero attached hydrogens (tertiary/aromatic N) is 2. The smallest absolute Gasteiger partial charge is 0.344 e. The van der Waals surface area contributed by atoms with Crippen LogP contribution < -0.4 is 0 Å². The predicted molar refractivity (Wildman–Crippen MR) is 120 cm³/mol. The van der Waals surface area contributed by atoms with Crippen LogP contribution in [0.1, 0.15) is 28.1 Å². The third-order valence-electron chi connectivity index (χ3n) is 2.95. The summed E-state index contributed by atoms with van der Waals surface area (Å²) in [5.41, 5.74) is -2.13. The molecule has 0 heterocycles. The Morgan fingerprint density at radius 3 is 1.52 bits per heavy atom. The standard InChI is InChI=1S/C8H6FNO4.C7H4FNO4.C4H12Si.CH4/c1-14-8(11)6-4-5(9)2-3-7(6)10(12)13;8-4-1-2-6(9(12)13)5(3-4)7(10)11;1-5(2,3)4;/h2-4H,1H3;1-3H,(H,10,11);1-4H3;1H4. The first-order valence-electron chi connectivity index (χ1n) is 8.78. The normalized spacial score (nSPS) is 9.67. The van der Waals surface area contributed by atoms with Gasteiger partial charge in [-0.1, -0.05) is 33.6 Å². The summed E-state index contributed by atoms with van der Waals surface area (Å²) < 4.78 is 29.4. The molecule has 1 N–H and O–H groups in total. The minimum absolute atomic E-state index is 0. The van der Waals surface area contributed by atoms with Crippen molar-refractivity contribution < 1.29 is 38.1 Å². The molecule has 2 rings (SSSR count). The second-order valence-corrected chi connectivity index (χ2v) is 13.6. The lowest BCUT2D eigenvalue weighted by atomic mass is 10.2. The summed E-state index contributed by atoms with van der Waals surface area (Å²) >= 11 is 0. The van der Waals surface area contributed by atoms with Crippen molar-refractivity contribution in [2.45, 2.75) is 33.6 Å². The topological polar surface area (TPSA) is 150 Å². The minimum Gasteiger partial charge on any atom is -0.477 e. The summed E-state index contributed by atoms with van der Waals surface area (Å²) in [6.07, 6.45) is 0. The van der Waals surface area contributed by atoms with Crippen molar-refractivity contribution in [3.05, 3.63) is 79.4 Å². The van der Waals surface area contributed by atoms with E-state index in [1.165, 1.54) is 0 Å². The third-order valence-corrected chi connectivity index (χ3v) is 2.95. The molecular formula is C20H26F2N2O8Si. The molecule has 0 aliphatic carbocycles. The number of benzene rings is 2. The van der Waals surface area contributed by atoms with Crippen LogP contribution in [-0.2, 0) is 4.74 Å². The number of halogens is 2. The van der Waals surface area contributed by atoms with Crippen LogP contribution in [0.3, 0.4) is 0 Å². The molecule has 2 aromatic carbocycles. The second kappa shape index (κ2) is 13.6. The van der Waals surface area contributed by atoms with Gasteiger partial charge in [-0.05, 0) is 24.3 Å². The molecule has 0 aliphatic rings. The third kappa shape index (κ3) is 12.0. The number of esters is 1. The Balaban J connectivity index is 0. The fourth-order valence-electron chi connectivity index (χ4n) is 1.78. The minimum atomic E-state index is -1.52. The zero-order valence-electron chi connectivity index (χ0n) is 17.9. The molecule has 10 nitrogen and oxygen atoms in total. The van der Waals surface area contributed by atoms with Crippen LogP contribution in [0.5, 0.6) is 0 Å². The molecule has 0 aliphatic heterocycles. The van der Waals surface area contributed by atoms with Crippen LogP contribution in [0.25, 0.3) is 0 Å². The molecule has 0 radical (unpaired) electrons. The Labute approximate surface area is 190 Å². The number of carbonyl (C=O) groups is 2. The van der Waals surface area contributed by atoms with Crippen molar-refractivity contribution in [1.29, 1.82) is 0 Å². The van der Waals surface area contributed by atoms with Gasteiger partial charge in [-0.3, -0.25) is 20.2 Å². The highest BCUT2D eigenvalue weighted by molar-refractivity contribution is 6.74. The number of rotatable bonds is 4. The lowest BCUT2D eigenvalue weighted by Gasteiger charge is -2.01. The molecule has 2 aromatic rings. The highest BCUT2D eigenvalue weighted by Gasteiger charge is 2.21. The van der Waals surface area contributed by atoms with Gasteiger partial charge in [-0.15, -0.1) is 0 Å². The molecule has 33 heavy (non-hydrogen) atoms. The van der Waals surface area contributed by atoms with Crippen molar-refractivity contribution in [1.82, 2.24) is 0 Å². The van der Waals surface area contributed by atoms with Gasteiger partial charge in [0.2, 0.25) is 0 Å². The number of hydrogen-bond acceptors (Lipinski definition) is 7. The van der Waals surface area contributed by atoms with Crippen LogP contribution >= 0.6 is 0 Å². The summed E-state index contributed by atoms with van der Waals surface area (Å²) in [6.45, 7) is 9.31. The monoisotopic (exact) mass is 488 g/mol. The van der Waals surface area contributed by atoms with E-state index >= 15 is 0 Å². The SMILES string of the molecule is C.COC(=O)c1cc(F)ccc1[N+](=O)[O-].C[Si](C)(C)C.O=C(O)c1cc(F)ccc1[N+](=O)[O-]. The predicted octanol–water partition coefficient (Wildman–Crippen LogP) is 5.54. The Bertz CT molecular complexity index is 1000. The van der Waals surface area contributed by atoms with E-state index in [0.29, 0.717) is 6.07 Å². The zero-order valence-corrected chi connectivity index (χ0v) is 18.9. The lowest BCUT2D eigenvalue weighted by molar-refractivity contribution is -0.385. The Morgan fingerprint density at radius 1 is 0.879 bits per heavy atom. The van der Waals surface area contributed by atoms with Gasteiger partial charge in [0.25, 0.3) is 11.4 Å². The van der Waals surface area contributed by atoms with Gasteiger partial charge in [0.15, 0.2) is 0 Å². The van der Waals surface area contributed by atoms with Gasteiger partial charge in [0.1, 0.15) is 22.8 Å². The lowest BCUT2D eigenvalue weighted by Crippen LogP contribution is -2.10. The summed E-state index contributed by atoms with van der Waals surface area (Å²) in [7, 11) is 0.455. The average molecular weight is 489 g/mol. The van der Waals surface area contributed by atoms with Crippen molar-refractivity contribution in [2.75, 3.05) is 7.11 Å². The van der Waals surface area contributed by atoms with Gasteiger partial charge in [0, 0.05) is 20.2 Å². The number of carbonyl (C=O) groups excluding carboxylic acids is 1. The number of carboxylic acids is 1. The van der Waals surface area contributed by atoms with Crippen molar-refractivity contribution in [2.24, 2.45) is 0 Å². The molecular weight excluding hydrogens is 462 g/mol. The Morgan fingerprint density at radius 2 is 1.21 bits per heavy atom. The summed E-state index contributed by atoms with van der Waals surface area (Å²) in [5.74, 6) is -4.00. The molecule has 13 heteroatoms. The van der Waals surface area contributed by atoms with Gasteiger partial charge in [-0.2, -0.15) is 0 Å². The highest BCUT2D eigenvalue weighted by atomic mass is 28.3. The van der Waals surface area contributed by atoms with Crippen molar-refractivity contribution in [3.63, 3.8) is 0 Å². The first-order chi connectivity index (χ1) is 14.6. The Hall–Kier alpha value is -3.74. The first-order valence-corrected chi connectivity index (χ1v) is 12.8. The number of hydrogen-bond donors (Lipinski definition) is 1. The number of aromatic carboxylic acids is 1. The maximum atomic E-state index is 12.7.